The second-order valence-corrected chi connectivity index (χ2v) is 11.3. The molecule has 0 aliphatic heterocycles. The van der Waals surface area contributed by atoms with Gasteiger partial charge in [-0.15, -0.1) is 0 Å². The zero-order chi connectivity index (χ0) is 24.7. The Kier molecular flexibility index (Phi) is 7.09. The highest BCUT2D eigenvalue weighted by Crippen LogP contribution is 2.35. The Morgan fingerprint density at radius 1 is 1.21 bits per heavy atom. The van der Waals surface area contributed by atoms with Gasteiger partial charge in [-0.1, -0.05) is 11.6 Å². The number of anilines is 1. The number of hydrogen-bond donors (Lipinski definition) is 2. The predicted octanol–water partition coefficient (Wildman–Crippen LogP) is 4.75. The van der Waals surface area contributed by atoms with Gasteiger partial charge in [0, 0.05) is 18.8 Å². The number of imidazole rings is 1. The molecule has 0 atom stereocenters. The monoisotopic (exact) mass is 580 g/mol. The first-order valence-corrected chi connectivity index (χ1v) is 13.4. The van der Waals surface area contributed by atoms with Gasteiger partial charge < -0.3 is 5.32 Å². The molecule has 8 nitrogen and oxygen atoms in total. The predicted molar refractivity (Wildman–Crippen MR) is 126 cm³/mol. The van der Waals surface area contributed by atoms with Gasteiger partial charge >= 0.3 is 6.18 Å². The van der Waals surface area contributed by atoms with Crippen LogP contribution < -0.4 is 10.0 Å². The van der Waals surface area contributed by atoms with E-state index in [0.29, 0.717) is 23.8 Å². The number of sulfonamides is 1. The van der Waals surface area contributed by atoms with Crippen molar-refractivity contribution >= 4 is 49.1 Å². The largest absolute Gasteiger partial charge is 0.417 e. The van der Waals surface area contributed by atoms with Crippen molar-refractivity contribution in [1.29, 1.82) is 0 Å². The number of rotatable bonds is 6. The topological polar surface area (TPSA) is 101 Å². The lowest BCUT2D eigenvalue weighted by Crippen LogP contribution is -2.37. The number of pyridine rings is 1. The second kappa shape index (κ2) is 9.59. The molecule has 0 amide bonds. The molecule has 14 heteroatoms. The van der Waals surface area contributed by atoms with Gasteiger partial charge in [-0.3, -0.25) is 4.40 Å². The minimum Gasteiger partial charge on any atom is -0.354 e. The lowest BCUT2D eigenvalue weighted by molar-refractivity contribution is -0.137. The van der Waals surface area contributed by atoms with Gasteiger partial charge in [0.2, 0.25) is 16.0 Å². The summed E-state index contributed by atoms with van der Waals surface area (Å²) in [6.07, 6.45) is 3.53. The summed E-state index contributed by atoms with van der Waals surface area (Å²) in [6, 6.07) is 0.918. The van der Waals surface area contributed by atoms with Crippen molar-refractivity contribution in [2.45, 2.75) is 37.9 Å². The summed E-state index contributed by atoms with van der Waals surface area (Å²) < 4.78 is 66.9. The number of nitrogens with zero attached hydrogens (tertiary/aromatic N) is 4. The van der Waals surface area contributed by atoms with Crippen LogP contribution in [0.4, 0.5) is 19.1 Å². The summed E-state index contributed by atoms with van der Waals surface area (Å²) in [7, 11) is -3.23. The number of aromatic nitrogens is 4. The summed E-state index contributed by atoms with van der Waals surface area (Å²) in [5, 5.41) is 3.34. The fourth-order valence-electron chi connectivity index (χ4n) is 4.03. The van der Waals surface area contributed by atoms with E-state index >= 15 is 0 Å². The Balaban J connectivity index is 1.51. The molecule has 3 aromatic heterocycles. The Morgan fingerprint density at radius 2 is 1.91 bits per heavy atom. The highest BCUT2D eigenvalue weighted by atomic mass is 79.9. The molecular weight excluding hydrogens is 561 g/mol. The fraction of sp³-hybridized carbons (Fsp3) is 0.450. The number of hydrogen-bond acceptors (Lipinski definition) is 6. The SMILES string of the molecule is CS(=O)(=O)NC1CCC(CNc2ncc(Cl)c(-c3cnc4c(Br)cc(C(F)(F)F)cn34)n2)CC1. The molecule has 0 aromatic carbocycles. The normalized spacial score (nSPS) is 19.5. The van der Waals surface area contributed by atoms with Crippen molar-refractivity contribution in [1.82, 2.24) is 24.1 Å². The maximum absolute atomic E-state index is 13.3. The lowest BCUT2D eigenvalue weighted by Gasteiger charge is -2.28. The minimum absolute atomic E-state index is 0.0549. The van der Waals surface area contributed by atoms with Crippen molar-refractivity contribution in [3.05, 3.63) is 39.7 Å². The zero-order valence-electron chi connectivity index (χ0n) is 17.9. The summed E-state index contributed by atoms with van der Waals surface area (Å²) in [5.74, 6) is 0.596. The summed E-state index contributed by atoms with van der Waals surface area (Å²) in [6.45, 7) is 0.573. The summed E-state index contributed by atoms with van der Waals surface area (Å²) in [4.78, 5) is 12.8. The highest BCUT2D eigenvalue weighted by Gasteiger charge is 2.32. The quantitative estimate of drug-likeness (QED) is 0.436. The van der Waals surface area contributed by atoms with Gasteiger partial charge in [0.1, 0.15) is 5.69 Å². The molecule has 2 N–H and O–H groups in total. The standard InChI is InChI=1S/C20H21BrClF3N6O2S/c1-34(32,33)30-13-4-2-11(3-5-13)7-27-19-28-8-15(22)17(29-19)16-9-26-18-14(21)6-12(10-31(16)18)20(23,24)25/h6,8-11,13,30H,2-5,7H2,1H3,(H,27,28,29). The number of alkyl halides is 3. The smallest absolute Gasteiger partial charge is 0.354 e. The molecule has 1 saturated carbocycles. The van der Waals surface area contributed by atoms with Crippen molar-refractivity contribution in [3.8, 4) is 11.4 Å². The van der Waals surface area contributed by atoms with Crippen molar-refractivity contribution in [2.24, 2.45) is 5.92 Å². The maximum Gasteiger partial charge on any atom is 0.417 e. The number of halogens is 5. The van der Waals surface area contributed by atoms with Gasteiger partial charge in [0.05, 0.1) is 39.4 Å². The molecule has 0 saturated heterocycles. The zero-order valence-corrected chi connectivity index (χ0v) is 21.1. The molecule has 1 fully saturated rings. The minimum atomic E-state index is -4.53. The van der Waals surface area contributed by atoms with E-state index in [0.717, 1.165) is 44.2 Å². The average molecular weight is 582 g/mol. The van der Waals surface area contributed by atoms with E-state index < -0.39 is 21.8 Å². The van der Waals surface area contributed by atoms with Crippen LogP contribution in [-0.4, -0.2) is 46.6 Å². The van der Waals surface area contributed by atoms with Crippen molar-refractivity contribution in [3.63, 3.8) is 0 Å². The van der Waals surface area contributed by atoms with Gasteiger partial charge in [-0.05, 0) is 53.6 Å². The van der Waals surface area contributed by atoms with Gasteiger partial charge in [-0.2, -0.15) is 13.2 Å². The van der Waals surface area contributed by atoms with Crippen molar-refractivity contribution in [2.75, 3.05) is 18.1 Å². The van der Waals surface area contributed by atoms with Crippen LogP contribution >= 0.6 is 27.5 Å². The molecule has 184 valence electrons. The van der Waals surface area contributed by atoms with E-state index in [1.54, 1.807) is 0 Å². The number of fused-ring (bicyclic) bond motifs is 1. The summed E-state index contributed by atoms with van der Waals surface area (Å²) >= 11 is 9.44. The Hall–Kier alpha value is -1.96. The molecule has 0 bridgehead atoms. The van der Waals surface area contributed by atoms with Gasteiger partial charge in [0.15, 0.2) is 5.65 Å². The lowest BCUT2D eigenvalue weighted by atomic mass is 9.86. The Morgan fingerprint density at radius 3 is 2.56 bits per heavy atom. The average Bonchev–Trinajstić information content (AvgIpc) is 3.17. The van der Waals surface area contributed by atoms with Crippen LogP contribution in [0.5, 0.6) is 0 Å². The first-order chi connectivity index (χ1) is 15.9. The van der Waals surface area contributed by atoms with Crippen LogP contribution in [0.3, 0.4) is 0 Å². The second-order valence-electron chi connectivity index (χ2n) is 8.29. The third kappa shape index (κ3) is 5.81. The van der Waals surface area contributed by atoms with E-state index in [4.69, 9.17) is 11.6 Å². The molecule has 4 rings (SSSR count). The molecule has 3 heterocycles. The first-order valence-electron chi connectivity index (χ1n) is 10.4. The Labute approximate surface area is 207 Å². The van der Waals surface area contributed by atoms with Crippen LogP contribution in [0, 0.1) is 5.92 Å². The van der Waals surface area contributed by atoms with Crippen LogP contribution in [0.2, 0.25) is 5.02 Å². The third-order valence-electron chi connectivity index (χ3n) is 5.65. The van der Waals surface area contributed by atoms with Crippen LogP contribution in [0.15, 0.2) is 29.1 Å². The van der Waals surface area contributed by atoms with E-state index in [9.17, 15) is 21.6 Å². The van der Waals surface area contributed by atoms with E-state index in [2.05, 4.69) is 40.9 Å². The molecular formula is C20H21BrClF3N6O2S. The molecule has 0 spiro atoms. The van der Waals surface area contributed by atoms with E-state index in [1.807, 2.05) is 0 Å². The molecule has 0 radical (unpaired) electrons. The van der Waals surface area contributed by atoms with Crippen LogP contribution in [0.25, 0.3) is 17.0 Å². The summed E-state index contributed by atoms with van der Waals surface area (Å²) in [5.41, 5.74) is 0.00540. The molecule has 34 heavy (non-hydrogen) atoms. The fourth-order valence-corrected chi connectivity index (χ4v) is 5.60. The van der Waals surface area contributed by atoms with Crippen LogP contribution in [-0.2, 0) is 16.2 Å². The highest BCUT2D eigenvalue weighted by molar-refractivity contribution is 9.10. The first kappa shape index (κ1) is 25.1. The Bertz CT molecular complexity index is 1310. The molecule has 1 aliphatic carbocycles. The molecule has 3 aromatic rings. The van der Waals surface area contributed by atoms with Gasteiger partial charge in [-0.25, -0.2) is 28.1 Å². The van der Waals surface area contributed by atoms with E-state index in [-0.39, 0.29) is 27.2 Å². The number of nitrogens with one attached hydrogen (secondary N) is 2. The van der Waals surface area contributed by atoms with E-state index in [1.165, 1.54) is 16.8 Å². The van der Waals surface area contributed by atoms with Crippen LogP contribution in [0.1, 0.15) is 31.2 Å². The third-order valence-corrected chi connectivity index (χ3v) is 7.27. The molecule has 1 aliphatic rings. The van der Waals surface area contributed by atoms with Gasteiger partial charge in [0.25, 0.3) is 0 Å². The maximum atomic E-state index is 13.3. The molecule has 0 unspecified atom stereocenters. The van der Waals surface area contributed by atoms with Crippen molar-refractivity contribution < 1.29 is 21.6 Å².